The number of aromatic nitrogens is 1. The Morgan fingerprint density at radius 1 is 1.03 bits per heavy atom. The molecule has 2 N–H and O–H groups in total. The van der Waals surface area contributed by atoms with Crippen LogP contribution in [0.1, 0.15) is 30.6 Å². The van der Waals surface area contributed by atoms with Crippen molar-refractivity contribution in [2.24, 2.45) is 0 Å². The van der Waals surface area contributed by atoms with Gasteiger partial charge < -0.3 is 25.0 Å². The highest BCUT2D eigenvalue weighted by Crippen LogP contribution is 2.36. The topological polar surface area (TPSA) is 110 Å². The van der Waals surface area contributed by atoms with Gasteiger partial charge in [0.1, 0.15) is 28.6 Å². The zero-order chi connectivity index (χ0) is 27.2. The summed E-state index contributed by atoms with van der Waals surface area (Å²) >= 11 is 6.49. The molecule has 198 valence electrons. The number of halogens is 1. The Morgan fingerprint density at radius 2 is 1.82 bits per heavy atom. The number of nitrogens with one attached hydrogen (secondary N) is 2. The van der Waals surface area contributed by atoms with Crippen LogP contribution in [0.5, 0.6) is 17.2 Å². The Kier molecular flexibility index (Phi) is 8.60. The van der Waals surface area contributed by atoms with Crippen LogP contribution in [0.25, 0.3) is 10.9 Å². The molecule has 0 aliphatic heterocycles. The summed E-state index contributed by atoms with van der Waals surface area (Å²) in [7, 11) is 1.49. The number of carbonyl (C=O) groups is 1. The number of hydrogen-bond acceptors (Lipinski definition) is 9. The molecule has 9 nitrogen and oxygen atoms in total. The van der Waals surface area contributed by atoms with E-state index in [1.807, 2.05) is 0 Å². The molecule has 38 heavy (non-hydrogen) atoms. The summed E-state index contributed by atoms with van der Waals surface area (Å²) in [6.07, 6.45) is 3.35. The fraction of sp³-hybridized carbons (Fsp3) is 0.286. The molecule has 0 radical (unpaired) electrons. The van der Waals surface area contributed by atoms with Crippen molar-refractivity contribution in [1.29, 1.82) is 0 Å². The molecule has 0 aliphatic carbocycles. The van der Waals surface area contributed by atoms with Crippen molar-refractivity contribution in [2.75, 3.05) is 43.9 Å². The first-order valence-electron chi connectivity index (χ1n) is 12.4. The van der Waals surface area contributed by atoms with Gasteiger partial charge in [0.15, 0.2) is 6.29 Å². The van der Waals surface area contributed by atoms with Gasteiger partial charge in [-0.25, -0.2) is 0 Å². The predicted molar refractivity (Wildman–Crippen MR) is 151 cm³/mol. The van der Waals surface area contributed by atoms with Gasteiger partial charge in [-0.15, -0.1) is 0 Å². The second-order valence-electron chi connectivity index (χ2n) is 8.68. The van der Waals surface area contributed by atoms with Gasteiger partial charge in [0.25, 0.3) is 10.9 Å². The lowest BCUT2D eigenvalue weighted by Crippen LogP contribution is -2.38. The smallest absolute Gasteiger partial charge is 0.253 e. The second-order valence-corrected chi connectivity index (χ2v) is 9.08. The van der Waals surface area contributed by atoms with Gasteiger partial charge in [-0.3, -0.25) is 19.4 Å². The minimum Gasteiger partial charge on any atom is -0.496 e. The molecule has 0 spiro atoms. The van der Waals surface area contributed by atoms with Gasteiger partial charge in [0.2, 0.25) is 0 Å². The molecule has 0 fully saturated rings. The number of fused-ring (bicyclic) bond motifs is 1. The Labute approximate surface area is 225 Å². The van der Waals surface area contributed by atoms with E-state index in [2.05, 4.69) is 34.4 Å². The van der Waals surface area contributed by atoms with E-state index in [0.717, 1.165) is 26.1 Å². The molecule has 0 saturated heterocycles. The quantitative estimate of drug-likeness (QED) is 0.180. The molecule has 0 unspecified atom stereocenters. The molecule has 10 heteroatoms. The van der Waals surface area contributed by atoms with E-state index >= 15 is 0 Å². The molecule has 3 aromatic carbocycles. The maximum Gasteiger partial charge on any atom is 0.253 e. The van der Waals surface area contributed by atoms with Crippen LogP contribution in [0, 0.1) is 0 Å². The van der Waals surface area contributed by atoms with E-state index in [9.17, 15) is 14.4 Å². The van der Waals surface area contributed by atoms with E-state index in [0.29, 0.717) is 57.3 Å². The highest BCUT2D eigenvalue weighted by atomic mass is 35.5. The molecule has 0 bridgehead atoms. The lowest BCUT2D eigenvalue weighted by Gasteiger charge is -2.21. The highest BCUT2D eigenvalue weighted by molar-refractivity contribution is 6.33. The van der Waals surface area contributed by atoms with Crippen LogP contribution in [0.4, 0.5) is 17.1 Å². The summed E-state index contributed by atoms with van der Waals surface area (Å²) in [5, 5.41) is 7.01. The lowest BCUT2D eigenvalue weighted by atomic mass is 10.1. The summed E-state index contributed by atoms with van der Waals surface area (Å²) in [5.74, 6) is 1.34. The first kappa shape index (κ1) is 27.1. The number of ether oxygens (including phenoxy) is 2. The van der Waals surface area contributed by atoms with Gasteiger partial charge in [-0.2, -0.15) is 0 Å². The van der Waals surface area contributed by atoms with Gasteiger partial charge in [-0.1, -0.05) is 25.4 Å². The van der Waals surface area contributed by atoms with Crippen molar-refractivity contribution in [1.82, 2.24) is 9.88 Å². The van der Waals surface area contributed by atoms with Gasteiger partial charge >= 0.3 is 0 Å². The summed E-state index contributed by atoms with van der Waals surface area (Å²) in [4.78, 5) is 42.5. The molecule has 1 aromatic heterocycles. The monoisotopic (exact) mass is 536 g/mol. The summed E-state index contributed by atoms with van der Waals surface area (Å²) in [5.41, 5.74) is 0.769. The van der Waals surface area contributed by atoms with Crippen LogP contribution in [0.2, 0.25) is 5.02 Å². The van der Waals surface area contributed by atoms with Crippen molar-refractivity contribution in [3.05, 3.63) is 73.6 Å². The van der Waals surface area contributed by atoms with Crippen molar-refractivity contribution >= 4 is 45.9 Å². The number of benzene rings is 2. The molecule has 0 aliphatic rings. The molecule has 0 atom stereocenters. The van der Waals surface area contributed by atoms with Crippen LogP contribution in [-0.4, -0.2) is 49.5 Å². The van der Waals surface area contributed by atoms with Crippen molar-refractivity contribution in [3.8, 4) is 17.2 Å². The number of hydrogen-bond donors (Lipinski definition) is 2. The Hall–Kier alpha value is -3.95. The lowest BCUT2D eigenvalue weighted by molar-refractivity contribution is 0.112. The Bertz CT molecular complexity index is 1530. The van der Waals surface area contributed by atoms with Crippen LogP contribution < -0.4 is 31.0 Å². The predicted octanol–water partition coefficient (Wildman–Crippen LogP) is 4.99. The molecule has 1 heterocycles. The third-order valence-electron chi connectivity index (χ3n) is 6.24. The third kappa shape index (κ3) is 5.64. The summed E-state index contributed by atoms with van der Waals surface area (Å²) in [6.45, 7) is 7.41. The number of likely N-dealkylation sites (N-methyl/N-ethyl adjacent to an activating group) is 1. The number of rotatable bonds is 13. The number of methoxy groups -OCH3 is 1. The van der Waals surface area contributed by atoms with Crippen molar-refractivity contribution in [2.45, 2.75) is 20.3 Å². The molecule has 0 saturated carbocycles. The number of anilines is 3. The van der Waals surface area contributed by atoms with Crippen LogP contribution >= 0.6 is 11.6 Å². The first-order chi connectivity index (χ1) is 18.4. The standard InChI is InChI=1S/C28H29ClN4O5/c1-4-11-33(5-2)12-10-31-25-26(28(36)27(25)35)32-21-7-6-18(14-20(21)29)38-23-8-9-30-22-15-24(37-3)17(16-34)13-19(22)23/h6-9,13-16,31-32H,4-5,10-12H2,1-3H3. The molecular formula is C28H29ClN4O5. The zero-order valence-corrected chi connectivity index (χ0v) is 22.2. The molecule has 4 aromatic rings. The largest absolute Gasteiger partial charge is 0.496 e. The average molecular weight is 537 g/mol. The highest BCUT2D eigenvalue weighted by Gasteiger charge is 2.22. The van der Waals surface area contributed by atoms with E-state index < -0.39 is 10.9 Å². The third-order valence-corrected chi connectivity index (χ3v) is 6.55. The fourth-order valence-electron chi connectivity index (χ4n) is 4.21. The van der Waals surface area contributed by atoms with Gasteiger partial charge in [0.05, 0.1) is 28.9 Å². The van der Waals surface area contributed by atoms with E-state index in [1.165, 1.54) is 7.11 Å². The van der Waals surface area contributed by atoms with Crippen LogP contribution in [0.3, 0.4) is 0 Å². The van der Waals surface area contributed by atoms with E-state index in [1.54, 1.807) is 42.6 Å². The number of nitrogens with zero attached hydrogens (tertiary/aromatic N) is 2. The minimum atomic E-state index is -0.588. The fourth-order valence-corrected chi connectivity index (χ4v) is 4.43. The summed E-state index contributed by atoms with van der Waals surface area (Å²) < 4.78 is 11.3. The average Bonchev–Trinajstić information content (AvgIpc) is 2.93. The number of aldehydes is 1. The Morgan fingerprint density at radius 3 is 2.50 bits per heavy atom. The van der Waals surface area contributed by atoms with Crippen LogP contribution in [-0.2, 0) is 0 Å². The van der Waals surface area contributed by atoms with E-state index in [4.69, 9.17) is 21.1 Å². The number of pyridine rings is 1. The summed E-state index contributed by atoms with van der Waals surface area (Å²) in [6, 6.07) is 9.97. The molecule has 0 amide bonds. The maximum atomic E-state index is 12.2. The number of carbonyl (C=O) groups excluding carboxylic acids is 1. The maximum absolute atomic E-state index is 12.2. The minimum absolute atomic E-state index is 0.194. The van der Waals surface area contributed by atoms with Crippen molar-refractivity contribution in [3.63, 3.8) is 0 Å². The first-order valence-corrected chi connectivity index (χ1v) is 12.7. The van der Waals surface area contributed by atoms with Gasteiger partial charge in [0, 0.05) is 36.8 Å². The molecular weight excluding hydrogens is 508 g/mol. The zero-order valence-electron chi connectivity index (χ0n) is 21.5. The second kappa shape index (κ2) is 12.1. The SMILES string of the molecule is CCCN(CC)CCNc1c(Nc2ccc(Oc3ccnc4cc(OC)c(C=O)cc34)cc2Cl)c(=O)c1=O. The van der Waals surface area contributed by atoms with E-state index in [-0.39, 0.29) is 11.4 Å². The van der Waals surface area contributed by atoms with Crippen molar-refractivity contribution < 1.29 is 14.3 Å². The van der Waals surface area contributed by atoms with Gasteiger partial charge in [-0.05, 0) is 43.8 Å². The molecule has 4 rings (SSSR count). The normalized spacial score (nSPS) is 11.2. The van der Waals surface area contributed by atoms with Crippen LogP contribution in [0.15, 0.2) is 52.2 Å². The Balaban J connectivity index is 1.50.